The Morgan fingerprint density at radius 1 is 1.17 bits per heavy atom. The van der Waals surface area contributed by atoms with Gasteiger partial charge < -0.3 is 4.90 Å². The van der Waals surface area contributed by atoms with E-state index >= 15 is 0 Å². The summed E-state index contributed by atoms with van der Waals surface area (Å²) < 4.78 is 3.23. The molecule has 2 fully saturated rings. The minimum atomic E-state index is -0.309. The molecule has 4 heterocycles. The fraction of sp³-hybridized carbons (Fsp3) is 0.577. The molecule has 1 saturated carbocycles. The van der Waals surface area contributed by atoms with E-state index in [1.807, 2.05) is 6.07 Å². The number of hydrogen-bond acceptors (Lipinski definition) is 7. The van der Waals surface area contributed by atoms with Gasteiger partial charge in [0.25, 0.3) is 0 Å². The zero-order chi connectivity index (χ0) is 24.7. The highest BCUT2D eigenvalue weighted by molar-refractivity contribution is 5.48. The lowest BCUT2D eigenvalue weighted by atomic mass is 9.98. The second kappa shape index (κ2) is 9.42. The Kier molecular flexibility index (Phi) is 6.32. The van der Waals surface area contributed by atoms with Crippen LogP contribution in [-0.4, -0.2) is 54.2 Å². The second-order valence-electron chi connectivity index (χ2n) is 9.93. The molecule has 184 valence electrons. The molecule has 0 radical (unpaired) electrons. The fourth-order valence-electron chi connectivity index (χ4n) is 5.34. The third-order valence-electron chi connectivity index (χ3n) is 7.74. The molecule has 1 aliphatic carbocycles. The maximum Gasteiger partial charge on any atom is 0.352 e. The molecular weight excluding hydrogens is 440 g/mol. The molecule has 35 heavy (non-hydrogen) atoms. The van der Waals surface area contributed by atoms with Gasteiger partial charge in [-0.3, -0.25) is 14.5 Å². The standard InChI is InChI=1S/C26H34N8O/c1-5-21-16-33(25-29-26(35)31(4)24-13-20(11-12-27)30-34(24)25)22(6-2)15-32(21)17(3)19-9-10-23(28-14-19)18-7-8-18/h9-10,13-14,17-18,21-22H,5-8,11,15-16H2,1-4H3/t17?,21-,22+/m1/s1. The maximum absolute atomic E-state index is 12.7. The van der Waals surface area contributed by atoms with Gasteiger partial charge in [0.1, 0.15) is 5.65 Å². The number of piperazine rings is 1. The minimum Gasteiger partial charge on any atom is -0.335 e. The summed E-state index contributed by atoms with van der Waals surface area (Å²) in [6.07, 6.45) is 6.69. The first-order chi connectivity index (χ1) is 16.9. The number of pyridine rings is 1. The summed E-state index contributed by atoms with van der Waals surface area (Å²) in [5.74, 6) is 1.23. The molecule has 1 saturated heterocycles. The Bertz CT molecular complexity index is 1300. The Hall–Kier alpha value is -3.25. The van der Waals surface area contributed by atoms with Crippen LogP contribution in [0.5, 0.6) is 0 Å². The molecule has 0 N–H and O–H groups in total. The fourth-order valence-corrected chi connectivity index (χ4v) is 5.34. The van der Waals surface area contributed by atoms with Crippen LogP contribution in [-0.2, 0) is 13.5 Å². The van der Waals surface area contributed by atoms with Gasteiger partial charge >= 0.3 is 5.69 Å². The van der Waals surface area contributed by atoms with Crippen LogP contribution in [0.3, 0.4) is 0 Å². The van der Waals surface area contributed by atoms with Crippen LogP contribution in [0.4, 0.5) is 5.95 Å². The van der Waals surface area contributed by atoms with E-state index in [4.69, 9.17) is 10.2 Å². The molecule has 3 atom stereocenters. The number of aromatic nitrogens is 5. The van der Waals surface area contributed by atoms with Crippen LogP contribution in [0.15, 0.2) is 29.2 Å². The van der Waals surface area contributed by atoms with Crippen molar-refractivity contribution in [3.05, 3.63) is 51.8 Å². The number of hydrogen-bond donors (Lipinski definition) is 0. The molecule has 0 aromatic carbocycles. The number of rotatable bonds is 7. The van der Waals surface area contributed by atoms with Gasteiger partial charge in [0.15, 0.2) is 0 Å². The predicted molar refractivity (Wildman–Crippen MR) is 134 cm³/mol. The van der Waals surface area contributed by atoms with Gasteiger partial charge in [-0.25, -0.2) is 4.79 Å². The number of nitrogens with zero attached hydrogens (tertiary/aromatic N) is 8. The first kappa shape index (κ1) is 23.5. The van der Waals surface area contributed by atoms with Gasteiger partial charge in [0.2, 0.25) is 5.95 Å². The van der Waals surface area contributed by atoms with Crippen molar-refractivity contribution in [3.63, 3.8) is 0 Å². The third-order valence-corrected chi connectivity index (χ3v) is 7.74. The molecule has 5 rings (SSSR count). The van der Waals surface area contributed by atoms with E-state index in [-0.39, 0.29) is 24.2 Å². The first-order valence-electron chi connectivity index (χ1n) is 12.8. The average Bonchev–Trinajstić information content (AvgIpc) is 3.65. The summed E-state index contributed by atoms with van der Waals surface area (Å²) in [6, 6.07) is 9.15. The van der Waals surface area contributed by atoms with E-state index in [9.17, 15) is 4.79 Å². The number of nitriles is 1. The van der Waals surface area contributed by atoms with E-state index in [1.165, 1.54) is 28.7 Å². The van der Waals surface area contributed by atoms with Crippen LogP contribution in [0, 0.1) is 11.3 Å². The van der Waals surface area contributed by atoms with Crippen LogP contribution in [0.1, 0.15) is 75.4 Å². The lowest BCUT2D eigenvalue weighted by Gasteiger charge is -2.48. The highest BCUT2D eigenvalue weighted by Gasteiger charge is 2.37. The Balaban J connectivity index is 1.46. The quantitative estimate of drug-likeness (QED) is 0.519. The van der Waals surface area contributed by atoms with Crippen LogP contribution in [0.2, 0.25) is 0 Å². The summed E-state index contributed by atoms with van der Waals surface area (Å²) in [7, 11) is 1.70. The smallest absolute Gasteiger partial charge is 0.335 e. The Morgan fingerprint density at radius 2 is 1.94 bits per heavy atom. The zero-order valence-corrected chi connectivity index (χ0v) is 21.1. The third kappa shape index (κ3) is 4.31. The molecule has 0 amide bonds. The van der Waals surface area contributed by atoms with Gasteiger partial charge in [-0.1, -0.05) is 19.9 Å². The Morgan fingerprint density at radius 3 is 2.57 bits per heavy atom. The number of anilines is 1. The van der Waals surface area contributed by atoms with E-state index in [2.05, 4.69) is 65.1 Å². The normalized spacial score (nSPS) is 21.9. The van der Waals surface area contributed by atoms with Gasteiger partial charge in [-0.05, 0) is 44.2 Å². The van der Waals surface area contributed by atoms with Gasteiger partial charge in [-0.2, -0.15) is 19.9 Å². The summed E-state index contributed by atoms with van der Waals surface area (Å²) in [6.45, 7) is 8.30. The van der Waals surface area contributed by atoms with Gasteiger partial charge in [0, 0.05) is 62.1 Å². The maximum atomic E-state index is 12.7. The molecule has 9 heteroatoms. The zero-order valence-electron chi connectivity index (χ0n) is 21.1. The summed E-state index contributed by atoms with van der Waals surface area (Å²) in [5.41, 5.74) is 3.46. The van der Waals surface area contributed by atoms with Gasteiger partial charge in [-0.15, -0.1) is 0 Å². The van der Waals surface area contributed by atoms with Crippen molar-refractivity contribution in [1.29, 1.82) is 5.26 Å². The van der Waals surface area contributed by atoms with E-state index < -0.39 is 0 Å². The molecule has 2 aliphatic rings. The topological polar surface area (TPSA) is 95.4 Å². The highest BCUT2D eigenvalue weighted by Crippen LogP contribution is 2.39. The van der Waals surface area contributed by atoms with Gasteiger partial charge in [0.05, 0.1) is 18.2 Å². The summed E-state index contributed by atoms with van der Waals surface area (Å²) in [4.78, 5) is 26.8. The Labute approximate surface area is 206 Å². The molecule has 3 aromatic heterocycles. The number of fused-ring (bicyclic) bond motifs is 1. The van der Waals surface area contributed by atoms with Crippen molar-refractivity contribution in [2.24, 2.45) is 7.05 Å². The lowest BCUT2D eigenvalue weighted by molar-refractivity contribution is 0.0997. The van der Waals surface area contributed by atoms with Crippen molar-refractivity contribution in [3.8, 4) is 6.07 Å². The van der Waals surface area contributed by atoms with Crippen LogP contribution < -0.4 is 10.6 Å². The van der Waals surface area contributed by atoms with Crippen molar-refractivity contribution < 1.29 is 0 Å². The molecule has 9 nitrogen and oxygen atoms in total. The van der Waals surface area contributed by atoms with E-state index in [0.717, 1.165) is 25.9 Å². The SMILES string of the molecule is CC[C@H]1CN(C(C)c2ccc(C3CC3)nc2)[C@H](CC)CN1c1nc(=O)n(C)c2cc(CC#N)nn12. The summed E-state index contributed by atoms with van der Waals surface area (Å²) in [5, 5.41) is 13.8. The highest BCUT2D eigenvalue weighted by atomic mass is 16.1. The molecule has 0 bridgehead atoms. The van der Waals surface area contributed by atoms with Crippen molar-refractivity contribution >= 4 is 11.6 Å². The average molecular weight is 475 g/mol. The second-order valence-corrected chi connectivity index (χ2v) is 9.93. The van der Waals surface area contributed by atoms with Crippen molar-refractivity contribution in [1.82, 2.24) is 29.0 Å². The molecule has 1 aliphatic heterocycles. The first-order valence-corrected chi connectivity index (χ1v) is 12.8. The van der Waals surface area contributed by atoms with Crippen molar-refractivity contribution in [2.75, 3.05) is 18.0 Å². The summed E-state index contributed by atoms with van der Waals surface area (Å²) >= 11 is 0. The van der Waals surface area contributed by atoms with E-state index in [1.54, 1.807) is 11.6 Å². The minimum absolute atomic E-state index is 0.186. The molecule has 1 unspecified atom stereocenters. The number of aryl methyl sites for hydroxylation is 1. The largest absolute Gasteiger partial charge is 0.352 e. The van der Waals surface area contributed by atoms with E-state index in [0.29, 0.717) is 29.2 Å². The molecule has 0 spiro atoms. The monoisotopic (exact) mass is 474 g/mol. The predicted octanol–water partition coefficient (Wildman–Crippen LogP) is 3.21. The van der Waals surface area contributed by atoms with Crippen molar-refractivity contribution in [2.45, 2.75) is 76.9 Å². The molecular formula is C26H34N8O. The van der Waals surface area contributed by atoms with Crippen LogP contribution in [0.25, 0.3) is 5.65 Å². The molecule has 3 aromatic rings. The lowest BCUT2D eigenvalue weighted by Crippen LogP contribution is -2.59. The van der Waals surface area contributed by atoms with Crippen LogP contribution >= 0.6 is 0 Å².